The van der Waals surface area contributed by atoms with Crippen molar-refractivity contribution < 1.29 is 4.42 Å². The highest BCUT2D eigenvalue weighted by Crippen LogP contribution is 2.47. The molecule has 13 aromatic rings. The third kappa shape index (κ3) is 6.20. The Bertz CT molecular complexity index is 3980. The maximum atomic E-state index is 6.27. The molecular weight excluding hydrogens is 789 g/mol. The van der Waals surface area contributed by atoms with E-state index in [2.05, 4.69) is 188 Å². The zero-order valence-electron chi connectivity index (χ0n) is 35.2. The summed E-state index contributed by atoms with van der Waals surface area (Å²) in [5.41, 5.74) is 13.7. The summed E-state index contributed by atoms with van der Waals surface area (Å²) in [5, 5.41) is 12.1. The van der Waals surface area contributed by atoms with Crippen LogP contribution in [0.3, 0.4) is 0 Å². The normalized spacial score (nSPS) is 11.7. The molecule has 302 valence electrons. The van der Waals surface area contributed by atoms with Gasteiger partial charge in [-0.05, 0) is 107 Å². The summed E-state index contributed by atoms with van der Waals surface area (Å²) in [7, 11) is 0. The minimum Gasteiger partial charge on any atom is -0.456 e. The van der Waals surface area contributed by atoms with Gasteiger partial charge in [-0.2, -0.15) is 0 Å². The lowest BCUT2D eigenvalue weighted by Gasteiger charge is -2.19. The molecule has 0 saturated carbocycles. The number of hydrogen-bond donors (Lipinski definition) is 0. The first-order valence-electron chi connectivity index (χ1n) is 22.1. The van der Waals surface area contributed by atoms with Crippen LogP contribution in [0.5, 0.6) is 0 Å². The Morgan fingerprint density at radius 1 is 0.277 bits per heavy atom. The third-order valence-electron chi connectivity index (χ3n) is 13.1. The molecule has 11 aromatic carbocycles. The lowest BCUT2D eigenvalue weighted by Crippen LogP contribution is -1.96. The van der Waals surface area contributed by atoms with Crippen molar-refractivity contribution in [1.29, 1.82) is 0 Å². The smallest absolute Gasteiger partial charge is 0.160 e. The van der Waals surface area contributed by atoms with E-state index in [1.807, 2.05) is 42.5 Å². The summed E-state index contributed by atoms with van der Waals surface area (Å²) >= 11 is 0. The second-order valence-corrected chi connectivity index (χ2v) is 16.8. The number of benzene rings is 11. The van der Waals surface area contributed by atoms with E-state index in [0.29, 0.717) is 5.82 Å². The van der Waals surface area contributed by atoms with Crippen molar-refractivity contribution in [3.05, 3.63) is 231 Å². The zero-order chi connectivity index (χ0) is 42.8. The lowest BCUT2D eigenvalue weighted by molar-refractivity contribution is 0.669. The minimum absolute atomic E-state index is 0.683. The average molecular weight is 827 g/mol. The van der Waals surface area contributed by atoms with Crippen LogP contribution in [-0.4, -0.2) is 9.97 Å². The van der Waals surface area contributed by atoms with E-state index in [4.69, 9.17) is 14.4 Å². The highest BCUT2D eigenvalue weighted by Gasteiger charge is 2.20. The zero-order valence-corrected chi connectivity index (χ0v) is 35.2. The number of para-hydroxylation sites is 1. The van der Waals surface area contributed by atoms with Crippen molar-refractivity contribution in [3.8, 4) is 67.3 Å². The maximum absolute atomic E-state index is 6.27. The van der Waals surface area contributed by atoms with Gasteiger partial charge in [-0.3, -0.25) is 0 Å². The van der Waals surface area contributed by atoms with Gasteiger partial charge in [0.1, 0.15) is 11.2 Å². The second-order valence-electron chi connectivity index (χ2n) is 16.8. The monoisotopic (exact) mass is 826 g/mol. The van der Waals surface area contributed by atoms with E-state index < -0.39 is 0 Å². The summed E-state index contributed by atoms with van der Waals surface area (Å²) in [6.07, 6.45) is 0. The standard InChI is InChI=1S/C62H38N2O/c1-3-15-42(16-4-1)58-49-20-9-10-21-50(49)59(61-48-19-8-7-14-40(48)34-35-53(58)61)47-33-32-45-36-44(30-31-46(45)37-47)39-26-28-41(29-27-39)54-38-55(64-62(63-54)43-17-5-2-6-18-43)51-23-13-25-57-60(51)52-22-11-12-24-56(52)65-57/h1-38H. The molecule has 0 unspecified atom stereocenters. The molecule has 0 spiro atoms. The fourth-order valence-electron chi connectivity index (χ4n) is 10.0. The number of furan rings is 1. The molecule has 2 heterocycles. The van der Waals surface area contributed by atoms with Crippen LogP contribution in [-0.2, 0) is 0 Å². The molecule has 0 amide bonds. The van der Waals surface area contributed by atoms with Gasteiger partial charge in [0.2, 0.25) is 0 Å². The van der Waals surface area contributed by atoms with Crippen LogP contribution in [0.4, 0.5) is 0 Å². The third-order valence-corrected chi connectivity index (χ3v) is 13.1. The Morgan fingerprint density at radius 2 is 0.846 bits per heavy atom. The van der Waals surface area contributed by atoms with E-state index in [0.717, 1.165) is 61.1 Å². The van der Waals surface area contributed by atoms with Crippen molar-refractivity contribution in [2.45, 2.75) is 0 Å². The molecule has 3 heteroatoms. The van der Waals surface area contributed by atoms with Gasteiger partial charge in [0.15, 0.2) is 5.82 Å². The Kier molecular flexibility index (Phi) is 8.53. The number of aromatic nitrogens is 2. The molecule has 0 fully saturated rings. The van der Waals surface area contributed by atoms with Gasteiger partial charge < -0.3 is 4.42 Å². The Morgan fingerprint density at radius 3 is 1.63 bits per heavy atom. The van der Waals surface area contributed by atoms with E-state index in [1.165, 1.54) is 65.3 Å². The summed E-state index contributed by atoms with van der Waals surface area (Å²) in [5.74, 6) is 0.683. The van der Waals surface area contributed by atoms with Crippen LogP contribution >= 0.6 is 0 Å². The molecule has 3 nitrogen and oxygen atoms in total. The molecule has 13 rings (SSSR count). The SMILES string of the molecule is c1ccc(-c2nc(-c3ccc(-c4ccc5cc(-c6c7ccccc7c(-c7ccccc7)c7ccc8ccccc8c67)ccc5c4)cc3)cc(-c3cccc4oc5ccccc5c34)n2)cc1. The summed E-state index contributed by atoms with van der Waals surface area (Å²) in [4.78, 5) is 10.3. The van der Waals surface area contributed by atoms with Crippen molar-refractivity contribution in [3.63, 3.8) is 0 Å². The van der Waals surface area contributed by atoms with Gasteiger partial charge in [-0.25, -0.2) is 9.97 Å². The van der Waals surface area contributed by atoms with Crippen molar-refractivity contribution in [2.75, 3.05) is 0 Å². The lowest BCUT2D eigenvalue weighted by atomic mass is 9.83. The van der Waals surface area contributed by atoms with Crippen LogP contribution in [0.1, 0.15) is 0 Å². The summed E-state index contributed by atoms with van der Waals surface area (Å²) in [6.45, 7) is 0. The fourth-order valence-corrected chi connectivity index (χ4v) is 10.0. The van der Waals surface area contributed by atoms with Gasteiger partial charge in [0.25, 0.3) is 0 Å². The highest BCUT2D eigenvalue weighted by atomic mass is 16.3. The predicted molar refractivity (Wildman–Crippen MR) is 272 cm³/mol. The largest absolute Gasteiger partial charge is 0.456 e. The molecule has 0 aliphatic rings. The molecule has 65 heavy (non-hydrogen) atoms. The van der Waals surface area contributed by atoms with Gasteiger partial charge in [-0.1, -0.05) is 200 Å². The van der Waals surface area contributed by atoms with Gasteiger partial charge in [0.05, 0.1) is 11.4 Å². The van der Waals surface area contributed by atoms with Crippen molar-refractivity contribution in [1.82, 2.24) is 9.97 Å². The molecular formula is C62H38N2O. The van der Waals surface area contributed by atoms with Gasteiger partial charge in [-0.15, -0.1) is 0 Å². The molecule has 0 bridgehead atoms. The molecule has 0 aliphatic carbocycles. The average Bonchev–Trinajstić information content (AvgIpc) is 3.77. The van der Waals surface area contributed by atoms with Crippen LogP contribution < -0.4 is 0 Å². The topological polar surface area (TPSA) is 38.9 Å². The summed E-state index contributed by atoms with van der Waals surface area (Å²) < 4.78 is 6.27. The van der Waals surface area contributed by atoms with Crippen molar-refractivity contribution >= 4 is 65.0 Å². The van der Waals surface area contributed by atoms with E-state index >= 15 is 0 Å². The van der Waals surface area contributed by atoms with Crippen LogP contribution in [0.15, 0.2) is 235 Å². The molecule has 0 N–H and O–H groups in total. The van der Waals surface area contributed by atoms with Gasteiger partial charge in [0, 0.05) is 27.5 Å². The van der Waals surface area contributed by atoms with Crippen LogP contribution in [0.25, 0.3) is 132 Å². The van der Waals surface area contributed by atoms with E-state index in [9.17, 15) is 0 Å². The maximum Gasteiger partial charge on any atom is 0.160 e. The van der Waals surface area contributed by atoms with Crippen molar-refractivity contribution in [2.24, 2.45) is 0 Å². The quantitative estimate of drug-likeness (QED) is 0.124. The molecule has 0 saturated heterocycles. The Labute approximate surface area is 375 Å². The first-order chi connectivity index (χ1) is 32.2. The molecule has 0 radical (unpaired) electrons. The predicted octanol–water partition coefficient (Wildman–Crippen LogP) is 17.0. The minimum atomic E-state index is 0.683. The number of fused-ring (bicyclic) bond motifs is 8. The van der Waals surface area contributed by atoms with E-state index in [-0.39, 0.29) is 0 Å². The van der Waals surface area contributed by atoms with E-state index in [1.54, 1.807) is 0 Å². The Balaban J connectivity index is 0.902. The fraction of sp³-hybridized carbons (Fsp3) is 0. The number of rotatable bonds is 6. The number of nitrogens with zero attached hydrogens (tertiary/aromatic N) is 2. The Hall–Kier alpha value is -8.66. The first-order valence-corrected chi connectivity index (χ1v) is 22.1. The summed E-state index contributed by atoms with van der Waals surface area (Å²) in [6, 6.07) is 82.4. The molecule has 2 aromatic heterocycles. The number of hydrogen-bond acceptors (Lipinski definition) is 3. The second kappa shape index (κ2) is 15.0. The molecule has 0 aliphatic heterocycles. The van der Waals surface area contributed by atoms with Gasteiger partial charge >= 0.3 is 0 Å². The highest BCUT2D eigenvalue weighted by molar-refractivity contribution is 6.28. The molecule has 0 atom stereocenters. The first kappa shape index (κ1) is 36.9. The van der Waals surface area contributed by atoms with Crippen LogP contribution in [0, 0.1) is 0 Å². The van der Waals surface area contributed by atoms with Crippen LogP contribution in [0.2, 0.25) is 0 Å².